The number of hydrogen-bond donors (Lipinski definition) is 1. The van der Waals surface area contributed by atoms with Gasteiger partial charge in [0.15, 0.2) is 0 Å². The number of likely N-dealkylation sites (tertiary alicyclic amines) is 1. The van der Waals surface area contributed by atoms with Gasteiger partial charge in [-0.2, -0.15) is 11.3 Å². The van der Waals surface area contributed by atoms with Gasteiger partial charge in [0.1, 0.15) is 11.3 Å². The number of nitrogens with zero attached hydrogens (tertiary/aromatic N) is 2. The molecule has 4 rings (SSSR count). The quantitative estimate of drug-likeness (QED) is 0.682. The number of para-hydroxylation sites is 1. The van der Waals surface area contributed by atoms with E-state index in [9.17, 15) is 9.59 Å². The molecule has 0 aliphatic carbocycles. The molecule has 1 N–H and O–H groups in total. The van der Waals surface area contributed by atoms with Crippen molar-refractivity contribution in [3.63, 3.8) is 0 Å². The van der Waals surface area contributed by atoms with E-state index in [0.29, 0.717) is 13.2 Å². The highest BCUT2D eigenvalue weighted by atomic mass is 32.1. The Hall–Kier alpha value is -2.38. The molecule has 2 aliphatic heterocycles. The molecule has 6 nitrogen and oxygen atoms in total. The van der Waals surface area contributed by atoms with Gasteiger partial charge in [0, 0.05) is 12.1 Å². The monoisotopic (exact) mass is 427 g/mol. The molecule has 0 saturated carbocycles. The first-order valence-corrected chi connectivity index (χ1v) is 11.5. The number of carbonyl (C=O) groups is 2. The molecule has 3 heterocycles. The van der Waals surface area contributed by atoms with Crippen LogP contribution in [-0.4, -0.2) is 47.0 Å². The van der Waals surface area contributed by atoms with Gasteiger partial charge in [-0.3, -0.25) is 14.6 Å². The molecule has 2 aliphatic rings. The molecule has 1 unspecified atom stereocenters. The van der Waals surface area contributed by atoms with Crippen molar-refractivity contribution in [3.8, 4) is 5.75 Å². The van der Waals surface area contributed by atoms with E-state index in [1.807, 2.05) is 48.9 Å². The van der Waals surface area contributed by atoms with Crippen LogP contribution >= 0.6 is 11.3 Å². The van der Waals surface area contributed by atoms with Crippen molar-refractivity contribution in [3.05, 3.63) is 52.2 Å². The van der Waals surface area contributed by atoms with E-state index in [4.69, 9.17) is 4.74 Å². The van der Waals surface area contributed by atoms with Gasteiger partial charge in [-0.25, -0.2) is 4.79 Å². The average molecular weight is 428 g/mol. The molecule has 1 aromatic heterocycles. The molecular formula is C23H29N3O3S. The Balaban J connectivity index is 1.38. The molecule has 160 valence electrons. The van der Waals surface area contributed by atoms with E-state index < -0.39 is 5.54 Å². The number of benzene rings is 1. The summed E-state index contributed by atoms with van der Waals surface area (Å²) in [6.45, 7) is 7.52. The highest BCUT2D eigenvalue weighted by Crippen LogP contribution is 2.35. The first kappa shape index (κ1) is 20.9. The van der Waals surface area contributed by atoms with Gasteiger partial charge >= 0.3 is 6.03 Å². The standard InChI is InChI=1S/C23H29N3O3S/c1-3-29-20-7-5-4-6-18(20)15-25-11-8-19(9-12-25)23(2)21(27)26(22(28)24-23)14-17-10-13-30-16-17/h4-7,10,13,16,19H,3,8-9,11-12,14-15H2,1-2H3,(H,24,28). The molecule has 7 heteroatoms. The molecule has 1 atom stereocenters. The number of urea groups is 1. The Kier molecular flexibility index (Phi) is 6.11. The smallest absolute Gasteiger partial charge is 0.325 e. The molecule has 3 amide bonds. The summed E-state index contributed by atoms with van der Waals surface area (Å²) < 4.78 is 5.75. The molecule has 0 bridgehead atoms. The fraction of sp³-hybridized carbons (Fsp3) is 0.478. The van der Waals surface area contributed by atoms with E-state index in [1.165, 1.54) is 10.5 Å². The van der Waals surface area contributed by atoms with Gasteiger partial charge in [-0.05, 0) is 74.2 Å². The number of carbonyl (C=O) groups excluding carboxylic acids is 2. The van der Waals surface area contributed by atoms with Crippen LogP contribution < -0.4 is 10.1 Å². The van der Waals surface area contributed by atoms with E-state index >= 15 is 0 Å². The summed E-state index contributed by atoms with van der Waals surface area (Å²) in [5, 5.41) is 6.95. The van der Waals surface area contributed by atoms with Gasteiger partial charge in [0.2, 0.25) is 0 Å². The van der Waals surface area contributed by atoms with Crippen molar-refractivity contribution in [1.82, 2.24) is 15.1 Å². The maximum atomic E-state index is 13.2. The lowest BCUT2D eigenvalue weighted by Gasteiger charge is -2.39. The Labute approximate surface area is 181 Å². The number of imide groups is 1. The summed E-state index contributed by atoms with van der Waals surface area (Å²) in [4.78, 5) is 29.5. The molecule has 2 fully saturated rings. The molecule has 0 spiro atoms. The summed E-state index contributed by atoms with van der Waals surface area (Å²) in [5.74, 6) is 0.982. The number of piperidine rings is 1. The normalized spacial score (nSPS) is 23.1. The second kappa shape index (κ2) is 8.78. The molecule has 1 aromatic carbocycles. The summed E-state index contributed by atoms with van der Waals surface area (Å²) in [6, 6.07) is 9.85. The summed E-state index contributed by atoms with van der Waals surface area (Å²) in [6.07, 6.45) is 1.76. The number of amides is 3. The van der Waals surface area contributed by atoms with Gasteiger partial charge in [-0.15, -0.1) is 0 Å². The van der Waals surface area contributed by atoms with Crippen LogP contribution in [-0.2, 0) is 17.9 Å². The van der Waals surface area contributed by atoms with Crippen LogP contribution in [0.15, 0.2) is 41.1 Å². The van der Waals surface area contributed by atoms with Crippen LogP contribution in [0.5, 0.6) is 5.75 Å². The summed E-state index contributed by atoms with van der Waals surface area (Å²) in [5.41, 5.74) is 1.37. The SMILES string of the molecule is CCOc1ccccc1CN1CCC(C2(C)NC(=O)N(Cc3ccsc3)C2=O)CC1. The van der Waals surface area contributed by atoms with Crippen molar-refractivity contribution in [1.29, 1.82) is 0 Å². The third-order valence-electron chi connectivity index (χ3n) is 6.29. The first-order chi connectivity index (χ1) is 14.5. The van der Waals surface area contributed by atoms with Gasteiger partial charge in [-0.1, -0.05) is 18.2 Å². The van der Waals surface area contributed by atoms with E-state index in [1.54, 1.807) is 11.3 Å². The Morgan fingerprint density at radius 1 is 1.17 bits per heavy atom. The van der Waals surface area contributed by atoms with E-state index in [0.717, 1.165) is 43.8 Å². The molecule has 2 saturated heterocycles. The predicted octanol–water partition coefficient (Wildman–Crippen LogP) is 3.87. The number of thiophene rings is 1. The topological polar surface area (TPSA) is 61.9 Å². The number of rotatable bonds is 7. The van der Waals surface area contributed by atoms with Crippen LogP contribution in [0, 0.1) is 5.92 Å². The number of ether oxygens (including phenoxy) is 1. The van der Waals surface area contributed by atoms with Crippen LogP contribution in [0.25, 0.3) is 0 Å². The Morgan fingerprint density at radius 2 is 1.93 bits per heavy atom. The lowest BCUT2D eigenvalue weighted by molar-refractivity contribution is -0.133. The molecular weight excluding hydrogens is 398 g/mol. The maximum absolute atomic E-state index is 13.2. The molecule has 30 heavy (non-hydrogen) atoms. The second-order valence-corrected chi connectivity index (χ2v) is 9.03. The lowest BCUT2D eigenvalue weighted by atomic mass is 9.79. The van der Waals surface area contributed by atoms with Crippen molar-refractivity contribution in [2.45, 2.75) is 45.3 Å². The minimum Gasteiger partial charge on any atom is -0.494 e. The summed E-state index contributed by atoms with van der Waals surface area (Å²) >= 11 is 1.57. The third-order valence-corrected chi connectivity index (χ3v) is 7.02. The van der Waals surface area contributed by atoms with Crippen molar-refractivity contribution in [2.75, 3.05) is 19.7 Å². The summed E-state index contributed by atoms with van der Waals surface area (Å²) in [7, 11) is 0. The first-order valence-electron chi connectivity index (χ1n) is 10.6. The maximum Gasteiger partial charge on any atom is 0.325 e. The zero-order valence-electron chi connectivity index (χ0n) is 17.6. The fourth-order valence-corrected chi connectivity index (χ4v) is 5.20. The zero-order chi connectivity index (χ0) is 21.1. The van der Waals surface area contributed by atoms with Gasteiger partial charge in [0.05, 0.1) is 13.2 Å². The van der Waals surface area contributed by atoms with Crippen LogP contribution in [0.1, 0.15) is 37.8 Å². The predicted molar refractivity (Wildman–Crippen MR) is 117 cm³/mol. The van der Waals surface area contributed by atoms with E-state index in [2.05, 4.69) is 16.3 Å². The zero-order valence-corrected chi connectivity index (χ0v) is 18.4. The largest absolute Gasteiger partial charge is 0.494 e. The average Bonchev–Trinajstić information content (AvgIpc) is 3.33. The minimum atomic E-state index is -0.817. The van der Waals surface area contributed by atoms with Crippen LogP contribution in [0.3, 0.4) is 0 Å². The van der Waals surface area contributed by atoms with Crippen LogP contribution in [0.4, 0.5) is 4.79 Å². The Morgan fingerprint density at radius 3 is 2.63 bits per heavy atom. The van der Waals surface area contributed by atoms with Crippen molar-refractivity contribution in [2.24, 2.45) is 5.92 Å². The lowest BCUT2D eigenvalue weighted by Crippen LogP contribution is -2.53. The van der Waals surface area contributed by atoms with E-state index in [-0.39, 0.29) is 17.9 Å². The molecule has 0 radical (unpaired) electrons. The highest BCUT2D eigenvalue weighted by Gasteiger charge is 2.52. The van der Waals surface area contributed by atoms with Gasteiger partial charge < -0.3 is 10.1 Å². The van der Waals surface area contributed by atoms with Crippen molar-refractivity contribution < 1.29 is 14.3 Å². The highest BCUT2D eigenvalue weighted by molar-refractivity contribution is 7.07. The Bertz CT molecular complexity index is 893. The minimum absolute atomic E-state index is 0.0983. The number of hydrogen-bond acceptors (Lipinski definition) is 5. The second-order valence-electron chi connectivity index (χ2n) is 8.25. The van der Waals surface area contributed by atoms with Gasteiger partial charge in [0.25, 0.3) is 5.91 Å². The number of nitrogens with one attached hydrogen (secondary N) is 1. The van der Waals surface area contributed by atoms with Crippen LogP contribution in [0.2, 0.25) is 0 Å². The fourth-order valence-electron chi connectivity index (χ4n) is 4.54. The third kappa shape index (κ3) is 4.09. The van der Waals surface area contributed by atoms with Crippen molar-refractivity contribution >= 4 is 23.3 Å². The molecule has 2 aromatic rings.